The summed E-state index contributed by atoms with van der Waals surface area (Å²) < 4.78 is 2.83. The summed E-state index contributed by atoms with van der Waals surface area (Å²) in [6.45, 7) is 0. The first-order valence-electron chi connectivity index (χ1n) is 8.67. The number of rotatable bonds is 2. The molecule has 2 aromatic carbocycles. The maximum atomic E-state index is 13.0. The van der Waals surface area contributed by atoms with Crippen LogP contribution in [0.3, 0.4) is 0 Å². The molecule has 0 unspecified atom stereocenters. The fraction of sp³-hybridized carbons (Fsp3) is 0.0909. The van der Waals surface area contributed by atoms with E-state index < -0.39 is 0 Å². The van der Waals surface area contributed by atoms with E-state index in [1.165, 1.54) is 9.13 Å². The van der Waals surface area contributed by atoms with Gasteiger partial charge in [0.2, 0.25) is 0 Å². The van der Waals surface area contributed by atoms with Gasteiger partial charge in [0.05, 0.1) is 0 Å². The summed E-state index contributed by atoms with van der Waals surface area (Å²) in [6.07, 6.45) is 5.34. The Bertz CT molecular complexity index is 1370. The topological polar surface area (TPSA) is 59.8 Å². The van der Waals surface area contributed by atoms with Crippen LogP contribution in [-0.4, -0.2) is 14.1 Å². The van der Waals surface area contributed by atoms with Crippen LogP contribution in [0.2, 0.25) is 0 Å². The van der Waals surface area contributed by atoms with E-state index in [4.69, 9.17) is 0 Å². The zero-order chi connectivity index (χ0) is 19.0. The third-order valence-corrected chi connectivity index (χ3v) is 4.79. The van der Waals surface area contributed by atoms with Gasteiger partial charge in [-0.1, -0.05) is 48.5 Å². The number of hydrogen-bond acceptors (Lipinski definition) is 2. The number of benzene rings is 2. The maximum absolute atomic E-state index is 13.0. The monoisotopic (exact) mass is 357 g/mol. The Hall–Kier alpha value is -3.60. The SMILES string of the molecule is Cn1c(=O)c(=Cc2c[nH]c3ccccc23)n(C)c(=O)c1=Cc1ccccc1. The number of aromatic amines is 1. The molecule has 2 heterocycles. The Morgan fingerprint density at radius 2 is 1.37 bits per heavy atom. The van der Waals surface area contributed by atoms with Crippen LogP contribution in [0.15, 0.2) is 70.4 Å². The van der Waals surface area contributed by atoms with Gasteiger partial charge in [0, 0.05) is 36.8 Å². The van der Waals surface area contributed by atoms with Crippen molar-refractivity contribution in [1.29, 1.82) is 0 Å². The zero-order valence-electron chi connectivity index (χ0n) is 15.1. The number of aromatic nitrogens is 3. The number of H-pyrrole nitrogens is 1. The lowest BCUT2D eigenvalue weighted by Crippen LogP contribution is -2.56. The average Bonchev–Trinajstić information content (AvgIpc) is 3.11. The molecule has 0 saturated heterocycles. The van der Waals surface area contributed by atoms with E-state index in [0.29, 0.717) is 10.7 Å². The van der Waals surface area contributed by atoms with Gasteiger partial charge in [-0.25, -0.2) is 0 Å². The second kappa shape index (κ2) is 6.61. The van der Waals surface area contributed by atoms with Gasteiger partial charge in [-0.05, 0) is 23.8 Å². The smallest absolute Gasteiger partial charge is 0.274 e. The molecule has 0 aliphatic heterocycles. The van der Waals surface area contributed by atoms with Crippen LogP contribution in [0.1, 0.15) is 11.1 Å². The van der Waals surface area contributed by atoms with E-state index in [-0.39, 0.29) is 11.1 Å². The summed E-state index contributed by atoms with van der Waals surface area (Å²) >= 11 is 0. The second-order valence-electron chi connectivity index (χ2n) is 6.49. The minimum Gasteiger partial charge on any atom is -0.361 e. The first kappa shape index (κ1) is 16.8. The molecule has 5 nitrogen and oxygen atoms in total. The fourth-order valence-corrected chi connectivity index (χ4v) is 3.23. The molecular weight excluding hydrogens is 338 g/mol. The summed E-state index contributed by atoms with van der Waals surface area (Å²) in [6, 6.07) is 17.4. The highest BCUT2D eigenvalue weighted by Gasteiger charge is 2.07. The normalized spacial score (nSPS) is 12.8. The summed E-state index contributed by atoms with van der Waals surface area (Å²) in [7, 11) is 3.26. The molecule has 0 bridgehead atoms. The Kier molecular flexibility index (Phi) is 4.12. The predicted octanol–water partition coefficient (Wildman–Crippen LogP) is 1.22. The lowest BCUT2D eigenvalue weighted by atomic mass is 10.1. The van der Waals surface area contributed by atoms with E-state index in [9.17, 15) is 9.59 Å². The van der Waals surface area contributed by atoms with Crippen molar-refractivity contribution in [2.45, 2.75) is 0 Å². The summed E-state index contributed by atoms with van der Waals surface area (Å²) in [5, 5.41) is 1.70. The summed E-state index contributed by atoms with van der Waals surface area (Å²) in [4.78, 5) is 29.0. The van der Waals surface area contributed by atoms with Crippen LogP contribution in [0.25, 0.3) is 23.1 Å². The van der Waals surface area contributed by atoms with Crippen LogP contribution >= 0.6 is 0 Å². The van der Waals surface area contributed by atoms with Gasteiger partial charge < -0.3 is 14.1 Å². The minimum absolute atomic E-state index is 0.216. The van der Waals surface area contributed by atoms with Gasteiger partial charge in [-0.15, -0.1) is 0 Å². The van der Waals surface area contributed by atoms with Crippen molar-refractivity contribution in [3.8, 4) is 0 Å². The van der Waals surface area contributed by atoms with E-state index in [0.717, 1.165) is 22.0 Å². The predicted molar refractivity (Wildman–Crippen MR) is 108 cm³/mol. The van der Waals surface area contributed by atoms with Crippen LogP contribution in [0, 0.1) is 0 Å². The largest absolute Gasteiger partial charge is 0.361 e. The van der Waals surface area contributed by atoms with Crippen molar-refractivity contribution in [2.75, 3.05) is 0 Å². The van der Waals surface area contributed by atoms with Crippen LogP contribution < -0.4 is 21.8 Å². The molecule has 2 aromatic heterocycles. The molecule has 0 spiro atoms. The Morgan fingerprint density at radius 1 is 0.778 bits per heavy atom. The molecule has 0 aliphatic carbocycles. The highest BCUT2D eigenvalue weighted by atomic mass is 16.1. The quantitative estimate of drug-likeness (QED) is 0.586. The number of hydrogen-bond donors (Lipinski definition) is 1. The molecule has 5 heteroatoms. The fourth-order valence-electron chi connectivity index (χ4n) is 3.23. The molecule has 4 aromatic rings. The standard InChI is InChI=1S/C22H19N3O2/c1-24-19(12-15-8-4-3-5-9-15)21(26)25(2)20(22(24)27)13-16-14-23-18-11-7-6-10-17(16)18/h3-14,23H,1-2H3. The first-order chi connectivity index (χ1) is 13.1. The zero-order valence-corrected chi connectivity index (χ0v) is 15.1. The van der Waals surface area contributed by atoms with Crippen molar-refractivity contribution >= 4 is 23.1 Å². The Balaban J connectivity index is 2.01. The van der Waals surface area contributed by atoms with Crippen LogP contribution in [0.4, 0.5) is 0 Å². The van der Waals surface area contributed by atoms with Crippen LogP contribution in [0.5, 0.6) is 0 Å². The molecule has 0 saturated carbocycles. The van der Waals surface area contributed by atoms with E-state index in [2.05, 4.69) is 4.98 Å². The molecule has 27 heavy (non-hydrogen) atoms. The Morgan fingerprint density at radius 3 is 2.07 bits per heavy atom. The second-order valence-corrected chi connectivity index (χ2v) is 6.49. The van der Waals surface area contributed by atoms with Gasteiger partial charge in [0.1, 0.15) is 10.7 Å². The van der Waals surface area contributed by atoms with Crippen molar-refractivity contribution in [3.63, 3.8) is 0 Å². The van der Waals surface area contributed by atoms with Crippen molar-refractivity contribution in [3.05, 3.63) is 103 Å². The molecule has 134 valence electrons. The van der Waals surface area contributed by atoms with Gasteiger partial charge in [-0.3, -0.25) is 9.59 Å². The van der Waals surface area contributed by atoms with E-state index in [1.807, 2.05) is 60.8 Å². The highest BCUT2D eigenvalue weighted by Crippen LogP contribution is 2.17. The number of para-hydroxylation sites is 1. The molecule has 1 N–H and O–H groups in total. The third-order valence-electron chi connectivity index (χ3n) is 4.79. The van der Waals surface area contributed by atoms with Crippen LogP contribution in [-0.2, 0) is 14.1 Å². The maximum Gasteiger partial charge on any atom is 0.274 e. The molecule has 0 amide bonds. The Labute approximate surface area is 155 Å². The molecular formula is C22H19N3O2. The van der Waals surface area contributed by atoms with Gasteiger partial charge in [-0.2, -0.15) is 0 Å². The minimum atomic E-state index is -0.218. The van der Waals surface area contributed by atoms with E-state index in [1.54, 1.807) is 26.2 Å². The molecule has 0 aliphatic rings. The van der Waals surface area contributed by atoms with Gasteiger partial charge in [0.15, 0.2) is 0 Å². The highest BCUT2D eigenvalue weighted by molar-refractivity contribution is 5.88. The lowest BCUT2D eigenvalue weighted by Gasteiger charge is -2.05. The third kappa shape index (κ3) is 2.93. The van der Waals surface area contributed by atoms with Crippen molar-refractivity contribution in [1.82, 2.24) is 14.1 Å². The number of fused-ring (bicyclic) bond motifs is 1. The lowest BCUT2D eigenvalue weighted by molar-refractivity contribution is 0.696. The number of nitrogens with zero attached hydrogens (tertiary/aromatic N) is 2. The molecule has 0 fully saturated rings. The number of nitrogens with one attached hydrogen (secondary N) is 1. The average molecular weight is 357 g/mol. The summed E-state index contributed by atoms with van der Waals surface area (Å²) in [5.74, 6) is 0. The van der Waals surface area contributed by atoms with Gasteiger partial charge >= 0.3 is 0 Å². The molecule has 0 radical (unpaired) electrons. The van der Waals surface area contributed by atoms with Gasteiger partial charge in [0.25, 0.3) is 11.1 Å². The molecule has 4 rings (SSSR count). The van der Waals surface area contributed by atoms with Crippen molar-refractivity contribution < 1.29 is 0 Å². The first-order valence-corrected chi connectivity index (χ1v) is 8.67. The van der Waals surface area contributed by atoms with E-state index >= 15 is 0 Å². The molecule has 0 atom stereocenters. The van der Waals surface area contributed by atoms with Crippen molar-refractivity contribution in [2.24, 2.45) is 14.1 Å². The summed E-state index contributed by atoms with van der Waals surface area (Å²) in [5.41, 5.74) is 2.30.